The lowest BCUT2D eigenvalue weighted by atomic mass is 10.2. The van der Waals surface area contributed by atoms with Gasteiger partial charge >= 0.3 is 0 Å². The van der Waals surface area contributed by atoms with Gasteiger partial charge in [0.25, 0.3) is 5.91 Å². The SMILES string of the molecule is CNc1cc(C(=O)NCCCSC)c(Cl)cn1. The standard InChI is InChI=1S/C11H16ClN3OS/c1-13-10-6-8(9(12)7-15-10)11(16)14-4-3-5-17-2/h6-7H,3-5H2,1-2H3,(H,13,15)(H,14,16). The van der Waals surface area contributed by atoms with Crippen LogP contribution < -0.4 is 10.6 Å². The van der Waals surface area contributed by atoms with Crippen molar-refractivity contribution >= 4 is 35.1 Å². The summed E-state index contributed by atoms with van der Waals surface area (Å²) in [7, 11) is 1.75. The number of anilines is 1. The van der Waals surface area contributed by atoms with E-state index in [0.717, 1.165) is 12.2 Å². The van der Waals surface area contributed by atoms with Crippen LogP contribution in [0.4, 0.5) is 5.82 Å². The normalized spacial score (nSPS) is 10.1. The van der Waals surface area contributed by atoms with E-state index in [9.17, 15) is 4.79 Å². The van der Waals surface area contributed by atoms with Gasteiger partial charge in [0.05, 0.1) is 10.6 Å². The van der Waals surface area contributed by atoms with Crippen molar-refractivity contribution in [1.82, 2.24) is 10.3 Å². The molecule has 1 aromatic heterocycles. The third-order valence-corrected chi connectivity index (χ3v) is 3.17. The van der Waals surface area contributed by atoms with E-state index >= 15 is 0 Å². The largest absolute Gasteiger partial charge is 0.373 e. The Bertz CT molecular complexity index is 387. The predicted molar refractivity (Wildman–Crippen MR) is 74.1 cm³/mol. The van der Waals surface area contributed by atoms with Crippen molar-refractivity contribution in [3.63, 3.8) is 0 Å². The number of amides is 1. The Labute approximate surface area is 111 Å². The van der Waals surface area contributed by atoms with E-state index in [1.807, 2.05) is 6.26 Å². The number of hydrogen-bond donors (Lipinski definition) is 2. The summed E-state index contributed by atoms with van der Waals surface area (Å²) >= 11 is 7.69. The van der Waals surface area contributed by atoms with E-state index in [0.29, 0.717) is 22.9 Å². The third kappa shape index (κ3) is 4.44. The van der Waals surface area contributed by atoms with Crippen molar-refractivity contribution in [1.29, 1.82) is 0 Å². The second kappa shape index (κ2) is 7.40. The van der Waals surface area contributed by atoms with Crippen molar-refractivity contribution in [3.05, 3.63) is 22.8 Å². The maximum Gasteiger partial charge on any atom is 0.252 e. The van der Waals surface area contributed by atoms with Gasteiger partial charge < -0.3 is 10.6 Å². The molecule has 0 bridgehead atoms. The summed E-state index contributed by atoms with van der Waals surface area (Å²) < 4.78 is 0. The summed E-state index contributed by atoms with van der Waals surface area (Å²) in [5.41, 5.74) is 0.454. The number of hydrogen-bond acceptors (Lipinski definition) is 4. The molecule has 17 heavy (non-hydrogen) atoms. The molecule has 0 saturated heterocycles. The van der Waals surface area contributed by atoms with Gasteiger partial charge in [-0.15, -0.1) is 0 Å². The van der Waals surface area contributed by atoms with Crippen LogP contribution in [0.25, 0.3) is 0 Å². The summed E-state index contributed by atoms with van der Waals surface area (Å²) in [4.78, 5) is 15.9. The van der Waals surface area contributed by atoms with E-state index in [1.54, 1.807) is 24.9 Å². The molecule has 94 valence electrons. The van der Waals surface area contributed by atoms with Crippen LogP contribution in [-0.2, 0) is 0 Å². The van der Waals surface area contributed by atoms with E-state index in [2.05, 4.69) is 15.6 Å². The van der Waals surface area contributed by atoms with Crippen LogP contribution in [0.3, 0.4) is 0 Å². The first-order chi connectivity index (χ1) is 8.19. The Hall–Kier alpha value is -0.940. The molecule has 0 aliphatic carbocycles. The number of rotatable bonds is 6. The first-order valence-corrected chi connectivity index (χ1v) is 7.06. The van der Waals surface area contributed by atoms with Crippen LogP contribution in [0.15, 0.2) is 12.3 Å². The van der Waals surface area contributed by atoms with E-state index < -0.39 is 0 Å². The van der Waals surface area contributed by atoms with Crippen molar-refractivity contribution in [3.8, 4) is 0 Å². The number of thioether (sulfide) groups is 1. The van der Waals surface area contributed by atoms with Crippen molar-refractivity contribution in [2.45, 2.75) is 6.42 Å². The second-order valence-electron chi connectivity index (χ2n) is 3.40. The minimum atomic E-state index is -0.157. The minimum absolute atomic E-state index is 0.157. The fraction of sp³-hybridized carbons (Fsp3) is 0.455. The molecule has 0 aromatic carbocycles. The van der Waals surface area contributed by atoms with Gasteiger partial charge in [-0.25, -0.2) is 4.98 Å². The minimum Gasteiger partial charge on any atom is -0.373 e. The summed E-state index contributed by atoms with van der Waals surface area (Å²) in [6, 6.07) is 1.65. The summed E-state index contributed by atoms with van der Waals surface area (Å²) in [5, 5.41) is 6.07. The summed E-state index contributed by atoms with van der Waals surface area (Å²) in [6.07, 6.45) is 4.47. The number of nitrogens with zero attached hydrogens (tertiary/aromatic N) is 1. The lowest BCUT2D eigenvalue weighted by Gasteiger charge is -2.07. The topological polar surface area (TPSA) is 54.0 Å². The van der Waals surface area contributed by atoms with E-state index in [-0.39, 0.29) is 5.91 Å². The zero-order chi connectivity index (χ0) is 12.7. The smallest absolute Gasteiger partial charge is 0.252 e. The molecule has 0 fully saturated rings. The van der Waals surface area contributed by atoms with Gasteiger partial charge in [-0.2, -0.15) is 11.8 Å². The number of aromatic nitrogens is 1. The van der Waals surface area contributed by atoms with Crippen LogP contribution in [0, 0.1) is 0 Å². The molecule has 6 heteroatoms. The highest BCUT2D eigenvalue weighted by atomic mass is 35.5. The Balaban J connectivity index is 2.61. The van der Waals surface area contributed by atoms with Gasteiger partial charge in [0.1, 0.15) is 5.82 Å². The van der Waals surface area contributed by atoms with Crippen LogP contribution >= 0.6 is 23.4 Å². The molecule has 1 aromatic rings. The van der Waals surface area contributed by atoms with Crippen LogP contribution in [0.5, 0.6) is 0 Å². The average Bonchev–Trinajstić information content (AvgIpc) is 2.35. The average molecular weight is 274 g/mol. The van der Waals surface area contributed by atoms with Crippen molar-refractivity contribution in [2.75, 3.05) is 30.9 Å². The highest BCUT2D eigenvalue weighted by Gasteiger charge is 2.11. The number of halogens is 1. The zero-order valence-corrected chi connectivity index (χ0v) is 11.5. The number of carbonyl (C=O) groups is 1. The summed E-state index contributed by atoms with van der Waals surface area (Å²) in [6.45, 7) is 0.660. The van der Waals surface area contributed by atoms with Gasteiger partial charge in [0.15, 0.2) is 0 Å². The Morgan fingerprint density at radius 3 is 3.00 bits per heavy atom. The molecule has 1 heterocycles. The number of nitrogens with one attached hydrogen (secondary N) is 2. The molecule has 0 aliphatic rings. The Morgan fingerprint density at radius 1 is 1.59 bits per heavy atom. The molecule has 0 saturated carbocycles. The lowest BCUT2D eigenvalue weighted by molar-refractivity contribution is 0.0954. The van der Waals surface area contributed by atoms with Crippen LogP contribution in [-0.4, -0.2) is 36.5 Å². The monoisotopic (exact) mass is 273 g/mol. The molecule has 4 nitrogen and oxygen atoms in total. The number of carbonyl (C=O) groups excluding carboxylic acids is 1. The first kappa shape index (κ1) is 14.1. The zero-order valence-electron chi connectivity index (χ0n) is 9.92. The number of pyridine rings is 1. The summed E-state index contributed by atoms with van der Waals surface area (Å²) in [5.74, 6) is 1.50. The van der Waals surface area contributed by atoms with Crippen molar-refractivity contribution < 1.29 is 4.79 Å². The molecule has 0 radical (unpaired) electrons. The highest BCUT2D eigenvalue weighted by Crippen LogP contribution is 2.17. The highest BCUT2D eigenvalue weighted by molar-refractivity contribution is 7.98. The molecular weight excluding hydrogens is 258 g/mol. The van der Waals surface area contributed by atoms with E-state index in [4.69, 9.17) is 11.6 Å². The van der Waals surface area contributed by atoms with Crippen LogP contribution in [0.2, 0.25) is 5.02 Å². The molecule has 0 spiro atoms. The fourth-order valence-corrected chi connectivity index (χ4v) is 1.89. The van der Waals surface area contributed by atoms with Gasteiger partial charge in [-0.05, 0) is 24.5 Å². The first-order valence-electron chi connectivity index (χ1n) is 5.29. The van der Waals surface area contributed by atoms with Gasteiger partial charge in [-0.1, -0.05) is 11.6 Å². The molecular formula is C11H16ClN3OS. The third-order valence-electron chi connectivity index (χ3n) is 2.17. The van der Waals surface area contributed by atoms with Gasteiger partial charge in [0, 0.05) is 19.8 Å². The second-order valence-corrected chi connectivity index (χ2v) is 4.79. The molecule has 1 rings (SSSR count). The predicted octanol–water partition coefficient (Wildman–Crippen LogP) is 2.26. The molecule has 0 aliphatic heterocycles. The lowest BCUT2D eigenvalue weighted by Crippen LogP contribution is -2.25. The van der Waals surface area contributed by atoms with Crippen LogP contribution in [0.1, 0.15) is 16.8 Å². The van der Waals surface area contributed by atoms with Gasteiger partial charge in [-0.3, -0.25) is 4.79 Å². The van der Waals surface area contributed by atoms with E-state index in [1.165, 1.54) is 6.20 Å². The molecule has 2 N–H and O–H groups in total. The van der Waals surface area contributed by atoms with Crippen molar-refractivity contribution in [2.24, 2.45) is 0 Å². The fourth-order valence-electron chi connectivity index (χ4n) is 1.26. The maximum absolute atomic E-state index is 11.8. The Kier molecular flexibility index (Phi) is 6.15. The van der Waals surface area contributed by atoms with Gasteiger partial charge in [0.2, 0.25) is 0 Å². The maximum atomic E-state index is 11.8. The molecule has 1 amide bonds. The Morgan fingerprint density at radius 2 is 2.35 bits per heavy atom. The molecule has 0 atom stereocenters. The molecule has 0 unspecified atom stereocenters. The quantitative estimate of drug-likeness (QED) is 0.781.